The lowest BCUT2D eigenvalue weighted by molar-refractivity contribution is 0.402. The van der Waals surface area contributed by atoms with Gasteiger partial charge in [0.25, 0.3) is 10.0 Å². The summed E-state index contributed by atoms with van der Waals surface area (Å²) in [6.07, 6.45) is 0. The van der Waals surface area contributed by atoms with E-state index in [1.165, 1.54) is 31.4 Å². The first-order valence-corrected chi connectivity index (χ1v) is 9.26. The van der Waals surface area contributed by atoms with Crippen molar-refractivity contribution in [3.05, 3.63) is 59.0 Å². The molecule has 26 heavy (non-hydrogen) atoms. The molecule has 136 valence electrons. The van der Waals surface area contributed by atoms with Crippen molar-refractivity contribution in [2.75, 3.05) is 11.8 Å². The first-order valence-electron chi connectivity index (χ1n) is 7.40. The Kier molecular flexibility index (Phi) is 4.88. The molecule has 0 bridgehead atoms. The Labute approximate surface area is 154 Å². The van der Waals surface area contributed by atoms with Gasteiger partial charge in [-0.1, -0.05) is 16.8 Å². The zero-order chi connectivity index (χ0) is 18.9. The first kappa shape index (κ1) is 18.2. The van der Waals surface area contributed by atoms with Gasteiger partial charge in [0.1, 0.15) is 16.5 Å². The number of anilines is 1. The van der Waals surface area contributed by atoms with Crippen molar-refractivity contribution in [2.45, 2.75) is 11.8 Å². The molecular weight excluding hydrogens is 383 g/mol. The molecule has 0 aliphatic rings. The van der Waals surface area contributed by atoms with E-state index in [0.29, 0.717) is 17.0 Å². The predicted octanol–water partition coefficient (Wildman–Crippen LogP) is 4.25. The highest BCUT2D eigenvalue weighted by atomic mass is 35.5. The van der Waals surface area contributed by atoms with Crippen molar-refractivity contribution in [3.63, 3.8) is 0 Å². The normalized spacial score (nSPS) is 11.4. The minimum Gasteiger partial charge on any atom is -0.495 e. The Bertz CT molecular complexity index is 1070. The summed E-state index contributed by atoms with van der Waals surface area (Å²) in [5.74, 6) is -0.0285. The van der Waals surface area contributed by atoms with Gasteiger partial charge in [0.05, 0.1) is 23.5 Å². The van der Waals surface area contributed by atoms with Gasteiger partial charge >= 0.3 is 0 Å². The molecule has 0 saturated heterocycles. The van der Waals surface area contributed by atoms with E-state index in [9.17, 15) is 12.8 Å². The van der Waals surface area contributed by atoms with E-state index in [1.54, 1.807) is 19.1 Å². The molecule has 0 spiro atoms. The summed E-state index contributed by atoms with van der Waals surface area (Å²) in [5, 5.41) is 3.61. The van der Waals surface area contributed by atoms with E-state index in [1.807, 2.05) is 0 Å². The van der Waals surface area contributed by atoms with Gasteiger partial charge in [-0.15, -0.1) is 0 Å². The molecule has 0 amide bonds. The van der Waals surface area contributed by atoms with E-state index in [4.69, 9.17) is 20.9 Å². The lowest BCUT2D eigenvalue weighted by Gasteiger charge is -2.12. The van der Waals surface area contributed by atoms with E-state index in [-0.39, 0.29) is 21.4 Å². The Hall–Kier alpha value is -2.58. The van der Waals surface area contributed by atoms with Gasteiger partial charge < -0.3 is 9.26 Å². The Morgan fingerprint density at radius 1 is 1.19 bits per heavy atom. The number of hydrogen-bond donors (Lipinski definition) is 1. The minimum absolute atomic E-state index is 0.0829. The van der Waals surface area contributed by atoms with Crippen molar-refractivity contribution in [1.29, 1.82) is 0 Å². The molecule has 1 aromatic heterocycles. The molecule has 0 aliphatic heterocycles. The first-order chi connectivity index (χ1) is 12.3. The Morgan fingerprint density at radius 2 is 1.96 bits per heavy atom. The summed E-state index contributed by atoms with van der Waals surface area (Å²) in [4.78, 5) is -0.0829. The predicted molar refractivity (Wildman–Crippen MR) is 95.4 cm³/mol. The van der Waals surface area contributed by atoms with Crippen LogP contribution in [0.15, 0.2) is 51.9 Å². The number of rotatable bonds is 5. The van der Waals surface area contributed by atoms with Gasteiger partial charge in [-0.3, -0.25) is 4.72 Å². The molecule has 0 saturated carbocycles. The van der Waals surface area contributed by atoms with E-state index in [2.05, 4.69) is 9.88 Å². The molecular formula is C17H14ClFN2O4S. The average molecular weight is 397 g/mol. The fraction of sp³-hybridized carbons (Fsp3) is 0.118. The Morgan fingerprint density at radius 3 is 2.58 bits per heavy atom. The van der Waals surface area contributed by atoms with Crippen LogP contribution in [-0.4, -0.2) is 20.7 Å². The maximum absolute atomic E-state index is 13.2. The lowest BCUT2D eigenvalue weighted by atomic mass is 10.1. The van der Waals surface area contributed by atoms with Crippen molar-refractivity contribution in [2.24, 2.45) is 0 Å². The third-order valence-electron chi connectivity index (χ3n) is 3.54. The van der Waals surface area contributed by atoms with Crippen LogP contribution < -0.4 is 9.46 Å². The van der Waals surface area contributed by atoms with Gasteiger partial charge in [0.15, 0.2) is 5.76 Å². The number of hydrogen-bond acceptors (Lipinski definition) is 5. The SMILES string of the molecule is COc1cc(-c2cc(C)no2)ccc1S(=O)(=O)Nc1ccc(F)c(Cl)c1. The molecule has 0 radical (unpaired) electrons. The fourth-order valence-corrected chi connectivity index (χ4v) is 3.69. The van der Waals surface area contributed by atoms with Gasteiger partial charge in [0.2, 0.25) is 0 Å². The molecule has 9 heteroatoms. The van der Waals surface area contributed by atoms with Crippen LogP contribution in [0.25, 0.3) is 11.3 Å². The molecule has 1 N–H and O–H groups in total. The molecule has 3 rings (SSSR count). The summed E-state index contributed by atoms with van der Waals surface area (Å²) >= 11 is 5.69. The summed E-state index contributed by atoms with van der Waals surface area (Å²) < 4.78 is 51.3. The molecule has 0 fully saturated rings. The highest BCUT2D eigenvalue weighted by Gasteiger charge is 2.21. The van der Waals surface area contributed by atoms with Crippen LogP contribution in [0.2, 0.25) is 5.02 Å². The summed E-state index contributed by atoms with van der Waals surface area (Å²) in [6, 6.07) is 9.76. The van der Waals surface area contributed by atoms with Crippen LogP contribution >= 0.6 is 11.6 Å². The third-order valence-corrected chi connectivity index (χ3v) is 5.25. The monoisotopic (exact) mass is 396 g/mol. The molecule has 1 heterocycles. The number of nitrogens with one attached hydrogen (secondary N) is 1. The lowest BCUT2D eigenvalue weighted by Crippen LogP contribution is -2.14. The highest BCUT2D eigenvalue weighted by Crippen LogP contribution is 2.32. The van der Waals surface area contributed by atoms with Crippen LogP contribution in [0.1, 0.15) is 5.69 Å². The maximum atomic E-state index is 13.2. The molecule has 0 atom stereocenters. The van der Waals surface area contributed by atoms with E-state index in [0.717, 1.165) is 6.07 Å². The molecule has 0 unspecified atom stereocenters. The van der Waals surface area contributed by atoms with Crippen LogP contribution in [0, 0.1) is 12.7 Å². The van der Waals surface area contributed by atoms with Crippen LogP contribution in [0.4, 0.5) is 10.1 Å². The minimum atomic E-state index is -3.98. The van der Waals surface area contributed by atoms with Crippen molar-refractivity contribution >= 4 is 27.3 Å². The number of benzene rings is 2. The number of ether oxygens (including phenoxy) is 1. The van der Waals surface area contributed by atoms with Crippen molar-refractivity contribution < 1.29 is 22.1 Å². The van der Waals surface area contributed by atoms with Gasteiger partial charge in [-0.2, -0.15) is 0 Å². The smallest absolute Gasteiger partial charge is 0.265 e. The molecule has 3 aromatic rings. The van der Waals surface area contributed by atoms with Gasteiger partial charge in [0, 0.05) is 11.6 Å². The quantitative estimate of drug-likeness (QED) is 0.697. The largest absolute Gasteiger partial charge is 0.495 e. The summed E-state index contributed by atoms with van der Waals surface area (Å²) in [6.45, 7) is 1.78. The van der Waals surface area contributed by atoms with Gasteiger partial charge in [-0.05, 0) is 43.3 Å². The van der Waals surface area contributed by atoms with Crippen LogP contribution in [0.5, 0.6) is 5.75 Å². The van der Waals surface area contributed by atoms with Crippen molar-refractivity contribution in [3.8, 4) is 17.1 Å². The third kappa shape index (κ3) is 3.66. The molecule has 0 aliphatic carbocycles. The fourth-order valence-electron chi connectivity index (χ4n) is 2.31. The molecule has 6 nitrogen and oxygen atoms in total. The second-order valence-electron chi connectivity index (χ2n) is 5.43. The van der Waals surface area contributed by atoms with Crippen LogP contribution in [-0.2, 0) is 10.0 Å². The van der Waals surface area contributed by atoms with E-state index < -0.39 is 15.8 Å². The van der Waals surface area contributed by atoms with Crippen molar-refractivity contribution in [1.82, 2.24) is 5.16 Å². The number of aromatic nitrogens is 1. The van der Waals surface area contributed by atoms with Crippen LogP contribution in [0.3, 0.4) is 0 Å². The standard InChI is InChI=1S/C17H14ClFN2O4S/c1-10-7-15(25-20-10)11-3-6-17(16(8-11)24-2)26(22,23)21-12-4-5-14(19)13(18)9-12/h3-9,21H,1-2H3. The summed E-state index contributed by atoms with van der Waals surface area (Å²) in [5.41, 5.74) is 1.45. The summed E-state index contributed by atoms with van der Waals surface area (Å²) in [7, 11) is -2.62. The second-order valence-corrected chi connectivity index (χ2v) is 7.49. The highest BCUT2D eigenvalue weighted by molar-refractivity contribution is 7.92. The zero-order valence-corrected chi connectivity index (χ0v) is 15.4. The number of halogens is 2. The Balaban J connectivity index is 1.97. The van der Waals surface area contributed by atoms with E-state index >= 15 is 0 Å². The van der Waals surface area contributed by atoms with Gasteiger partial charge in [-0.25, -0.2) is 12.8 Å². The number of aryl methyl sites for hydroxylation is 1. The zero-order valence-electron chi connectivity index (χ0n) is 13.8. The average Bonchev–Trinajstić information content (AvgIpc) is 3.04. The number of methoxy groups -OCH3 is 1. The number of nitrogens with zero attached hydrogens (tertiary/aromatic N) is 1. The number of sulfonamides is 1. The maximum Gasteiger partial charge on any atom is 0.265 e. The second kappa shape index (κ2) is 6.97. The topological polar surface area (TPSA) is 81.4 Å². The molecule has 2 aromatic carbocycles.